The maximum Gasteiger partial charge on any atom is 0.307 e. The fraction of sp³-hybridized carbons (Fsp3) is 0.316. The molecule has 0 bridgehead atoms. The van der Waals surface area contributed by atoms with E-state index in [1.54, 1.807) is 24.3 Å². The minimum absolute atomic E-state index is 0.0320. The van der Waals surface area contributed by atoms with Gasteiger partial charge in [-0.1, -0.05) is 29.8 Å². The summed E-state index contributed by atoms with van der Waals surface area (Å²) in [5, 5.41) is 8.08. The molecule has 1 aromatic heterocycles. The fourth-order valence-electron chi connectivity index (χ4n) is 2.59. The van der Waals surface area contributed by atoms with Gasteiger partial charge < -0.3 is 15.4 Å². The second-order valence-corrected chi connectivity index (χ2v) is 7.34. The Morgan fingerprint density at radius 2 is 1.78 bits per heavy atom. The van der Waals surface area contributed by atoms with Crippen molar-refractivity contribution >= 4 is 40.7 Å². The van der Waals surface area contributed by atoms with Crippen molar-refractivity contribution in [1.29, 1.82) is 0 Å². The summed E-state index contributed by atoms with van der Waals surface area (Å²) in [5.74, 6) is -0.942. The van der Waals surface area contributed by atoms with Crippen LogP contribution in [0.1, 0.15) is 42.3 Å². The van der Waals surface area contributed by atoms with Gasteiger partial charge in [0.1, 0.15) is 0 Å². The van der Waals surface area contributed by atoms with Gasteiger partial charge in [0.05, 0.1) is 32.0 Å². The smallest absolute Gasteiger partial charge is 0.307 e. The summed E-state index contributed by atoms with van der Waals surface area (Å²) in [6, 6.07) is 9.66. The van der Waals surface area contributed by atoms with E-state index in [1.165, 1.54) is 25.4 Å². The Morgan fingerprint density at radius 3 is 2.33 bits per heavy atom. The predicted octanol–water partition coefficient (Wildman–Crippen LogP) is 3.39. The van der Waals surface area contributed by atoms with Crippen LogP contribution in [0.2, 0.25) is 5.02 Å². The third-order valence-electron chi connectivity index (χ3n) is 3.86. The van der Waals surface area contributed by atoms with Crippen LogP contribution in [-0.2, 0) is 19.1 Å². The van der Waals surface area contributed by atoms with Crippen LogP contribution in [0, 0.1) is 0 Å². The van der Waals surface area contributed by atoms with Gasteiger partial charge >= 0.3 is 5.97 Å². The third kappa shape index (κ3) is 6.69. The first-order valence-electron chi connectivity index (χ1n) is 8.31. The van der Waals surface area contributed by atoms with Gasteiger partial charge in [0.2, 0.25) is 11.8 Å². The second-order valence-electron chi connectivity index (χ2n) is 5.92. The number of benzene rings is 1. The van der Waals surface area contributed by atoms with E-state index < -0.39 is 18.1 Å². The topological polar surface area (TPSA) is 84.5 Å². The van der Waals surface area contributed by atoms with Crippen LogP contribution in [0.3, 0.4) is 0 Å². The molecule has 2 aromatic rings. The Kier molecular flexibility index (Phi) is 7.82. The van der Waals surface area contributed by atoms with Crippen molar-refractivity contribution < 1.29 is 19.1 Å². The third-order valence-corrected chi connectivity index (χ3v) is 5.10. The van der Waals surface area contributed by atoms with E-state index in [-0.39, 0.29) is 24.7 Å². The molecular weight excluding hydrogens is 388 g/mol. The van der Waals surface area contributed by atoms with Crippen LogP contribution in [-0.4, -0.2) is 24.9 Å². The molecule has 0 aliphatic rings. The number of carbonyl (C=O) groups is 3. The van der Waals surface area contributed by atoms with Crippen LogP contribution in [0.5, 0.6) is 0 Å². The maximum atomic E-state index is 12.6. The average Bonchev–Trinajstić information content (AvgIpc) is 3.15. The zero-order valence-electron chi connectivity index (χ0n) is 15.0. The van der Waals surface area contributed by atoms with E-state index in [2.05, 4.69) is 10.6 Å². The van der Waals surface area contributed by atoms with E-state index in [4.69, 9.17) is 16.3 Å². The molecule has 0 unspecified atom stereocenters. The molecule has 0 aliphatic heterocycles. The number of hydrogen-bond acceptors (Lipinski definition) is 5. The number of hydrogen-bond donors (Lipinski definition) is 2. The summed E-state index contributed by atoms with van der Waals surface area (Å²) in [5.41, 5.74) is 0.769. The zero-order valence-corrected chi connectivity index (χ0v) is 16.6. The standard InChI is InChI=1S/C19H21ClN2O4S/c1-12(23)21-15(13-5-7-14(20)8-6-13)10-18(24)22-16(11-19(25)26-2)17-4-3-9-27-17/h3-9,15-16H,10-11H2,1-2H3,(H,21,23)(H,22,24)/t15-,16-/m0/s1. The van der Waals surface area contributed by atoms with Gasteiger partial charge in [0.25, 0.3) is 0 Å². The van der Waals surface area contributed by atoms with Crippen molar-refractivity contribution in [1.82, 2.24) is 10.6 Å². The molecule has 0 saturated heterocycles. The van der Waals surface area contributed by atoms with Gasteiger partial charge in [-0.05, 0) is 29.1 Å². The van der Waals surface area contributed by atoms with Gasteiger partial charge in [0.15, 0.2) is 0 Å². The van der Waals surface area contributed by atoms with Crippen LogP contribution in [0.25, 0.3) is 0 Å². The Morgan fingerprint density at radius 1 is 1.07 bits per heavy atom. The van der Waals surface area contributed by atoms with Gasteiger partial charge in [-0.15, -0.1) is 11.3 Å². The van der Waals surface area contributed by atoms with Crippen molar-refractivity contribution in [2.24, 2.45) is 0 Å². The Hall–Kier alpha value is -2.38. The van der Waals surface area contributed by atoms with Gasteiger partial charge in [-0.3, -0.25) is 14.4 Å². The fourth-order valence-corrected chi connectivity index (χ4v) is 3.50. The number of amides is 2. The minimum Gasteiger partial charge on any atom is -0.469 e. The molecule has 0 radical (unpaired) electrons. The maximum absolute atomic E-state index is 12.6. The number of rotatable bonds is 8. The highest BCUT2D eigenvalue weighted by molar-refractivity contribution is 7.10. The molecule has 2 atom stereocenters. The zero-order chi connectivity index (χ0) is 19.8. The number of esters is 1. The first-order valence-corrected chi connectivity index (χ1v) is 9.57. The first-order chi connectivity index (χ1) is 12.9. The SMILES string of the molecule is COC(=O)C[C@H](NC(=O)C[C@H](NC(C)=O)c1ccc(Cl)cc1)c1cccs1. The van der Waals surface area contributed by atoms with Crippen molar-refractivity contribution in [3.05, 3.63) is 57.2 Å². The van der Waals surface area contributed by atoms with E-state index >= 15 is 0 Å². The summed E-state index contributed by atoms with van der Waals surface area (Å²) in [6.07, 6.45) is 0.0682. The first kappa shape index (κ1) is 20.9. The molecule has 0 saturated carbocycles. The molecule has 8 heteroatoms. The molecule has 0 aliphatic carbocycles. The summed E-state index contributed by atoms with van der Waals surface area (Å²) < 4.78 is 4.72. The molecule has 2 amide bonds. The molecule has 0 fully saturated rings. The van der Waals surface area contributed by atoms with Crippen LogP contribution < -0.4 is 10.6 Å². The van der Waals surface area contributed by atoms with Gasteiger partial charge in [-0.25, -0.2) is 0 Å². The molecule has 27 heavy (non-hydrogen) atoms. The van der Waals surface area contributed by atoms with Crippen molar-refractivity contribution in [2.75, 3.05) is 7.11 Å². The van der Waals surface area contributed by atoms with E-state index in [0.717, 1.165) is 10.4 Å². The summed E-state index contributed by atoms with van der Waals surface area (Å²) >= 11 is 7.35. The largest absolute Gasteiger partial charge is 0.469 e. The number of ether oxygens (including phenoxy) is 1. The van der Waals surface area contributed by atoms with Crippen molar-refractivity contribution in [3.8, 4) is 0 Å². The van der Waals surface area contributed by atoms with Crippen LogP contribution in [0.4, 0.5) is 0 Å². The van der Waals surface area contributed by atoms with Gasteiger partial charge in [0, 0.05) is 16.8 Å². The van der Waals surface area contributed by atoms with Crippen molar-refractivity contribution in [2.45, 2.75) is 31.8 Å². The lowest BCUT2D eigenvalue weighted by atomic mass is 10.0. The van der Waals surface area contributed by atoms with Crippen LogP contribution in [0.15, 0.2) is 41.8 Å². The predicted molar refractivity (Wildman–Crippen MR) is 104 cm³/mol. The van der Waals surface area contributed by atoms with Gasteiger partial charge in [-0.2, -0.15) is 0 Å². The summed E-state index contributed by atoms with van der Waals surface area (Å²) in [6.45, 7) is 1.40. The number of thiophene rings is 1. The Bertz CT molecular complexity index is 778. The normalized spacial score (nSPS) is 12.7. The molecule has 6 nitrogen and oxygen atoms in total. The highest BCUT2D eigenvalue weighted by atomic mass is 35.5. The minimum atomic E-state index is -0.498. The molecule has 2 rings (SSSR count). The Labute approximate surface area is 166 Å². The molecular formula is C19H21ClN2O4S. The number of nitrogens with one attached hydrogen (secondary N) is 2. The molecule has 1 heterocycles. The highest BCUT2D eigenvalue weighted by Gasteiger charge is 2.23. The van der Waals surface area contributed by atoms with E-state index in [9.17, 15) is 14.4 Å². The molecule has 1 aromatic carbocycles. The number of methoxy groups -OCH3 is 1. The second kappa shape index (κ2) is 10.1. The summed E-state index contributed by atoms with van der Waals surface area (Å²) in [7, 11) is 1.31. The lowest BCUT2D eigenvalue weighted by Gasteiger charge is -2.21. The quantitative estimate of drug-likeness (QED) is 0.656. The van der Waals surface area contributed by atoms with Crippen molar-refractivity contribution in [3.63, 3.8) is 0 Å². The molecule has 144 valence electrons. The highest BCUT2D eigenvalue weighted by Crippen LogP contribution is 2.24. The number of carbonyl (C=O) groups excluding carboxylic acids is 3. The average molecular weight is 409 g/mol. The summed E-state index contributed by atoms with van der Waals surface area (Å²) in [4.78, 5) is 36.7. The molecule has 2 N–H and O–H groups in total. The monoisotopic (exact) mass is 408 g/mol. The Balaban J connectivity index is 2.11. The lowest BCUT2D eigenvalue weighted by Crippen LogP contribution is -2.35. The van der Waals surface area contributed by atoms with Crippen LogP contribution >= 0.6 is 22.9 Å². The molecule has 0 spiro atoms. The van der Waals surface area contributed by atoms with E-state index in [1.807, 2.05) is 17.5 Å². The van der Waals surface area contributed by atoms with E-state index in [0.29, 0.717) is 5.02 Å². The number of halogens is 1. The lowest BCUT2D eigenvalue weighted by molar-refractivity contribution is -0.141.